The van der Waals surface area contributed by atoms with Crippen LogP contribution in [0.2, 0.25) is 0 Å². The Balaban J connectivity index is 1.27. The fourth-order valence-electron chi connectivity index (χ4n) is 13.4. The Bertz CT molecular complexity index is 3690. The van der Waals surface area contributed by atoms with Crippen LogP contribution in [-0.4, -0.2) is 36.1 Å². The molecule has 10 rings (SSSR count). The largest absolute Gasteiger partial charge is 0.507 e. The standard InChI is InChI=1S/C65H68B2O4/c1-27(2)51(54-36(11)44-25-49-58-56(44)50(65(54)71)26-47-39(14)62(68)38(13)46-24-45(37(12)61(49)67)57(58)55(46)47)63(69)35(10)32(7)52-40(15)60(66)33(8)29(4)28(3)22-48(43-21-20-41-18-16-17-19-42(41)23-43)59-53(52)31(6)30(5)34(9)64(59)70/h16-21,23,48,68-71H,1,22,24-26,66-67H2,2-15H3/b29-28-,35-32+,52-40-,60-33+,63-51-. The first-order valence-corrected chi connectivity index (χ1v) is 25.5. The molecule has 0 aliphatic heterocycles. The highest BCUT2D eigenvalue weighted by Gasteiger charge is 2.42. The van der Waals surface area contributed by atoms with Gasteiger partial charge in [-0.05, 0) is 255 Å². The van der Waals surface area contributed by atoms with E-state index in [1.807, 2.05) is 34.6 Å². The SMILES string of the molecule is BC1=C(C)/C(C)=C(/C)CC(c2ccc3ccccc3c2)c2c(O)c(C)c(C)c(C)c2C(/C(C)=C(C)/C(O)=C(\C(=C)C)c2c(C)c3c4c(c2O)Cc2c(C)c(O)c(C)c5c2-c2c(c(C)c(B)c(c2-4)C3)C5)=C\1C. The van der Waals surface area contributed by atoms with Gasteiger partial charge >= 0.3 is 0 Å². The van der Waals surface area contributed by atoms with Crippen molar-refractivity contribution in [3.05, 3.63) is 194 Å². The van der Waals surface area contributed by atoms with Gasteiger partial charge in [0.25, 0.3) is 0 Å². The molecule has 1 unspecified atom stereocenters. The molecular formula is C65H68B2O4. The number of phenolic OH excluding ortho intramolecular Hbond substituents is 3. The lowest BCUT2D eigenvalue weighted by Crippen LogP contribution is -2.16. The zero-order chi connectivity index (χ0) is 51.3. The van der Waals surface area contributed by atoms with Crippen molar-refractivity contribution < 1.29 is 20.4 Å². The molecule has 0 saturated carbocycles. The van der Waals surface area contributed by atoms with Crippen LogP contribution in [-0.2, 0) is 19.3 Å². The average molecular weight is 935 g/mol. The first kappa shape index (κ1) is 48.0. The molecule has 0 heterocycles. The van der Waals surface area contributed by atoms with E-state index in [9.17, 15) is 20.4 Å². The van der Waals surface area contributed by atoms with E-state index in [1.54, 1.807) is 0 Å². The Morgan fingerprint density at radius 2 is 1.11 bits per heavy atom. The maximum Gasteiger partial charge on any atom is 0.140 e. The first-order valence-electron chi connectivity index (χ1n) is 25.5. The van der Waals surface area contributed by atoms with E-state index in [0.29, 0.717) is 46.6 Å². The zero-order valence-corrected chi connectivity index (χ0v) is 44.9. The van der Waals surface area contributed by atoms with E-state index in [1.165, 1.54) is 72.1 Å². The van der Waals surface area contributed by atoms with Crippen molar-refractivity contribution in [1.82, 2.24) is 0 Å². The summed E-state index contributed by atoms with van der Waals surface area (Å²) >= 11 is 0. The molecular weight excluding hydrogens is 866 g/mol. The molecule has 358 valence electrons. The molecule has 0 spiro atoms. The quantitative estimate of drug-likeness (QED) is 0.0787. The summed E-state index contributed by atoms with van der Waals surface area (Å²) in [4.78, 5) is 0. The van der Waals surface area contributed by atoms with Crippen LogP contribution in [0.1, 0.15) is 155 Å². The third-order valence-electron chi connectivity index (χ3n) is 18.6. The van der Waals surface area contributed by atoms with Crippen molar-refractivity contribution >= 4 is 43.1 Å². The van der Waals surface area contributed by atoms with Gasteiger partial charge in [-0.2, -0.15) is 0 Å². The van der Waals surface area contributed by atoms with Crippen molar-refractivity contribution in [2.24, 2.45) is 0 Å². The number of aromatic hydroxyl groups is 3. The van der Waals surface area contributed by atoms with Crippen LogP contribution >= 0.6 is 0 Å². The van der Waals surface area contributed by atoms with E-state index in [4.69, 9.17) is 0 Å². The molecule has 6 aromatic rings. The topological polar surface area (TPSA) is 80.9 Å². The van der Waals surface area contributed by atoms with Gasteiger partial charge in [0.1, 0.15) is 38.7 Å². The average Bonchev–Trinajstić information content (AvgIpc) is 3.91. The van der Waals surface area contributed by atoms with Crippen LogP contribution in [0.4, 0.5) is 0 Å². The van der Waals surface area contributed by atoms with Gasteiger partial charge in [0, 0.05) is 34.6 Å². The molecule has 0 saturated heterocycles. The Hall–Kier alpha value is -6.65. The number of allylic oxidation sites excluding steroid dienone is 10. The molecule has 0 bridgehead atoms. The number of rotatable bonds is 5. The van der Waals surface area contributed by atoms with Gasteiger partial charge < -0.3 is 20.4 Å². The number of hydrogen-bond donors (Lipinski definition) is 4. The molecule has 0 radical (unpaired) electrons. The maximum absolute atomic E-state index is 13.2. The molecule has 4 aliphatic rings. The van der Waals surface area contributed by atoms with Gasteiger partial charge in [0.05, 0.1) is 0 Å². The maximum atomic E-state index is 13.2. The minimum atomic E-state index is -0.184. The number of aliphatic hydroxyl groups excluding tert-OH is 1. The van der Waals surface area contributed by atoms with Crippen molar-refractivity contribution in [2.45, 2.75) is 129 Å². The molecule has 4 aliphatic carbocycles. The molecule has 6 heteroatoms. The van der Waals surface area contributed by atoms with Gasteiger partial charge in [-0.3, -0.25) is 0 Å². The number of fused-ring (bicyclic) bond motifs is 2. The van der Waals surface area contributed by atoms with E-state index in [2.05, 4.69) is 127 Å². The van der Waals surface area contributed by atoms with Crippen LogP contribution in [0.5, 0.6) is 17.2 Å². The van der Waals surface area contributed by atoms with Crippen LogP contribution in [0, 0.1) is 48.5 Å². The van der Waals surface area contributed by atoms with Gasteiger partial charge in [0.2, 0.25) is 0 Å². The summed E-state index contributed by atoms with van der Waals surface area (Å²) in [5.41, 5.74) is 33.4. The van der Waals surface area contributed by atoms with E-state index >= 15 is 0 Å². The fourth-order valence-corrected chi connectivity index (χ4v) is 13.4. The van der Waals surface area contributed by atoms with Crippen LogP contribution < -0.4 is 5.46 Å². The summed E-state index contributed by atoms with van der Waals surface area (Å²) in [5.74, 6) is 0.671. The molecule has 4 N–H and O–H groups in total. The van der Waals surface area contributed by atoms with Crippen molar-refractivity contribution in [3.8, 4) is 39.5 Å². The van der Waals surface area contributed by atoms with E-state index in [-0.39, 0.29) is 17.4 Å². The summed E-state index contributed by atoms with van der Waals surface area (Å²) in [6.07, 6.45) is 2.69. The Morgan fingerprint density at radius 3 is 1.76 bits per heavy atom. The summed E-state index contributed by atoms with van der Waals surface area (Å²) in [7, 11) is 4.45. The normalized spacial score (nSPS) is 19.7. The van der Waals surface area contributed by atoms with Gasteiger partial charge in [-0.25, -0.2) is 0 Å². The van der Waals surface area contributed by atoms with Gasteiger partial charge in [-0.15, -0.1) is 0 Å². The van der Waals surface area contributed by atoms with Gasteiger partial charge in [0.15, 0.2) is 0 Å². The Labute approximate surface area is 423 Å². The third kappa shape index (κ3) is 6.65. The lowest BCUT2D eigenvalue weighted by molar-refractivity contribution is 0.424. The van der Waals surface area contributed by atoms with Crippen LogP contribution in [0.25, 0.3) is 44.2 Å². The summed E-state index contributed by atoms with van der Waals surface area (Å²) in [6.45, 7) is 34.2. The van der Waals surface area contributed by atoms with Crippen LogP contribution in [0.3, 0.4) is 0 Å². The molecule has 0 aromatic heterocycles. The predicted molar refractivity (Wildman–Crippen MR) is 304 cm³/mol. The molecule has 1 atom stereocenters. The Morgan fingerprint density at radius 1 is 0.549 bits per heavy atom. The zero-order valence-electron chi connectivity index (χ0n) is 44.9. The van der Waals surface area contributed by atoms with Crippen molar-refractivity contribution in [3.63, 3.8) is 0 Å². The minimum absolute atomic E-state index is 0.0638. The highest BCUT2D eigenvalue weighted by molar-refractivity contribution is 6.36. The Kier molecular flexibility index (Phi) is 11.3. The number of phenols is 3. The summed E-state index contributed by atoms with van der Waals surface area (Å²) < 4.78 is 0. The number of hydrogen-bond acceptors (Lipinski definition) is 4. The third-order valence-corrected chi connectivity index (χ3v) is 18.6. The number of aliphatic hydroxyl groups is 1. The lowest BCUT2D eigenvalue weighted by atomic mass is 9.70. The molecule has 4 nitrogen and oxygen atoms in total. The molecule has 71 heavy (non-hydrogen) atoms. The second kappa shape index (κ2) is 16.7. The monoisotopic (exact) mass is 935 g/mol. The van der Waals surface area contributed by atoms with Crippen LogP contribution in [0.15, 0.2) is 99.3 Å². The smallest absolute Gasteiger partial charge is 0.140 e. The highest BCUT2D eigenvalue weighted by Crippen LogP contribution is 2.60. The second-order valence-corrected chi connectivity index (χ2v) is 21.9. The fraction of sp³-hybridized carbons (Fsp3) is 0.292. The predicted octanol–water partition coefficient (Wildman–Crippen LogP) is 13.9. The second-order valence-electron chi connectivity index (χ2n) is 21.9. The molecule has 0 fully saturated rings. The summed E-state index contributed by atoms with van der Waals surface area (Å²) in [6, 6.07) is 15.2. The van der Waals surface area contributed by atoms with E-state index < -0.39 is 0 Å². The molecule has 6 aromatic carbocycles. The van der Waals surface area contributed by atoms with Crippen molar-refractivity contribution in [1.29, 1.82) is 0 Å². The van der Waals surface area contributed by atoms with Gasteiger partial charge in [-0.1, -0.05) is 76.7 Å². The first-order chi connectivity index (χ1) is 33.5. The molecule has 0 amide bonds. The number of benzene rings is 6. The highest BCUT2D eigenvalue weighted by atomic mass is 16.3. The minimum Gasteiger partial charge on any atom is -0.507 e. The van der Waals surface area contributed by atoms with Crippen molar-refractivity contribution in [2.75, 3.05) is 0 Å². The summed E-state index contributed by atoms with van der Waals surface area (Å²) in [5, 5.41) is 53.1. The van der Waals surface area contributed by atoms with E-state index in [0.717, 1.165) is 107 Å². The lowest BCUT2D eigenvalue weighted by Gasteiger charge is -2.32.